The highest BCUT2D eigenvalue weighted by atomic mass is 79.9. The molecule has 1 nitrogen and oxygen atoms in total. The SMILES string of the molecule is BrC12CC(=N1)C1=C2C1. The molecule has 2 heteroatoms. The molecule has 1 unspecified atom stereocenters. The van der Waals surface area contributed by atoms with Crippen LogP contribution in [0, 0.1) is 0 Å². The highest BCUT2D eigenvalue weighted by Crippen LogP contribution is 2.61. The summed E-state index contributed by atoms with van der Waals surface area (Å²) in [6.07, 6.45) is 2.43. The first kappa shape index (κ1) is 3.83. The van der Waals surface area contributed by atoms with E-state index in [4.69, 9.17) is 0 Å². The first-order valence-electron chi connectivity index (χ1n) is 2.80. The highest BCUT2D eigenvalue weighted by molar-refractivity contribution is 9.10. The second kappa shape index (κ2) is 0.747. The predicted octanol–water partition coefficient (Wildman–Crippen LogP) is 1.64. The molecule has 0 aromatic rings. The van der Waals surface area contributed by atoms with E-state index in [0.29, 0.717) is 0 Å². The monoisotopic (exact) mass is 169 g/mol. The minimum Gasteiger partial charge on any atom is -0.266 e. The first-order chi connectivity index (χ1) is 3.80. The molecule has 0 aromatic heterocycles. The predicted molar refractivity (Wildman–Crippen MR) is 35.4 cm³/mol. The Morgan fingerprint density at radius 2 is 2.38 bits per heavy atom. The van der Waals surface area contributed by atoms with E-state index in [1.54, 1.807) is 11.1 Å². The van der Waals surface area contributed by atoms with Crippen molar-refractivity contribution in [1.29, 1.82) is 0 Å². The van der Waals surface area contributed by atoms with E-state index in [1.807, 2.05) is 0 Å². The molecule has 40 valence electrons. The fourth-order valence-corrected chi connectivity index (χ4v) is 2.41. The highest BCUT2D eigenvalue weighted by Gasteiger charge is 2.56. The Kier molecular flexibility index (Phi) is 0.357. The Bertz CT molecular complexity index is 251. The zero-order valence-electron chi connectivity index (χ0n) is 4.24. The quantitative estimate of drug-likeness (QED) is 0.387. The summed E-state index contributed by atoms with van der Waals surface area (Å²) >= 11 is 3.57. The van der Waals surface area contributed by atoms with Gasteiger partial charge in [-0.25, -0.2) is 0 Å². The van der Waals surface area contributed by atoms with Gasteiger partial charge in [0.25, 0.3) is 0 Å². The maximum atomic E-state index is 4.36. The van der Waals surface area contributed by atoms with Gasteiger partial charge >= 0.3 is 0 Å². The molecule has 0 aromatic carbocycles. The average molecular weight is 170 g/mol. The van der Waals surface area contributed by atoms with Crippen LogP contribution in [0.2, 0.25) is 0 Å². The van der Waals surface area contributed by atoms with Crippen LogP contribution in [0.5, 0.6) is 0 Å². The zero-order valence-corrected chi connectivity index (χ0v) is 5.83. The summed E-state index contributed by atoms with van der Waals surface area (Å²) in [4.78, 5) is 4.36. The van der Waals surface area contributed by atoms with Gasteiger partial charge in [-0.1, -0.05) is 15.9 Å². The molecule has 0 saturated carbocycles. The Morgan fingerprint density at radius 3 is 2.50 bits per heavy atom. The molecule has 4 rings (SSSR count). The van der Waals surface area contributed by atoms with Crippen LogP contribution in [0.25, 0.3) is 0 Å². The van der Waals surface area contributed by atoms with Crippen molar-refractivity contribution in [2.45, 2.75) is 17.3 Å². The summed E-state index contributed by atoms with van der Waals surface area (Å²) in [5, 5.41) is 0. The lowest BCUT2D eigenvalue weighted by Gasteiger charge is -2.27. The van der Waals surface area contributed by atoms with Gasteiger partial charge in [0.05, 0.1) is 0 Å². The standard InChI is InChI=1S/C6H4BrN/c7-6-2-5(8-6)3-1-4(3)6/h1-2H2. The fraction of sp³-hybridized carbons (Fsp3) is 0.500. The van der Waals surface area contributed by atoms with E-state index in [1.165, 1.54) is 18.6 Å². The van der Waals surface area contributed by atoms with Crippen LogP contribution >= 0.6 is 15.9 Å². The summed E-state index contributed by atoms with van der Waals surface area (Å²) in [7, 11) is 0. The van der Waals surface area contributed by atoms with Crippen LogP contribution in [0.1, 0.15) is 12.8 Å². The van der Waals surface area contributed by atoms with Crippen molar-refractivity contribution >= 4 is 21.6 Å². The number of rotatable bonds is 0. The van der Waals surface area contributed by atoms with Crippen molar-refractivity contribution in [3.8, 4) is 0 Å². The summed E-state index contributed by atoms with van der Waals surface area (Å²) in [6.45, 7) is 0. The third-order valence-electron chi connectivity index (χ3n) is 2.12. The fourth-order valence-electron chi connectivity index (χ4n) is 1.55. The molecule has 0 radical (unpaired) electrons. The van der Waals surface area contributed by atoms with Crippen LogP contribution in [-0.4, -0.2) is 10.2 Å². The number of aliphatic imine (C=N–C) groups is 1. The zero-order chi connectivity index (χ0) is 5.35. The number of nitrogens with zero attached hydrogens (tertiary/aromatic N) is 1. The second-order valence-corrected chi connectivity index (χ2v) is 3.94. The molecule has 2 aliphatic carbocycles. The second-order valence-electron chi connectivity index (χ2n) is 2.63. The van der Waals surface area contributed by atoms with E-state index in [9.17, 15) is 0 Å². The molecular weight excluding hydrogens is 166 g/mol. The van der Waals surface area contributed by atoms with Crippen molar-refractivity contribution in [3.63, 3.8) is 0 Å². The van der Waals surface area contributed by atoms with Gasteiger partial charge in [-0.15, -0.1) is 0 Å². The Labute approximate surface area is 55.6 Å². The average Bonchev–Trinajstić information content (AvgIpc) is 2.27. The summed E-state index contributed by atoms with van der Waals surface area (Å²) < 4.78 is 0.150. The minimum atomic E-state index is 0.150. The summed E-state index contributed by atoms with van der Waals surface area (Å²) in [5.41, 5.74) is 4.49. The lowest BCUT2D eigenvalue weighted by Crippen LogP contribution is -2.28. The molecule has 0 fully saturated rings. The maximum Gasteiger partial charge on any atom is 0.143 e. The van der Waals surface area contributed by atoms with Crippen LogP contribution < -0.4 is 0 Å². The van der Waals surface area contributed by atoms with Gasteiger partial charge in [-0.3, -0.25) is 4.99 Å². The van der Waals surface area contributed by atoms with Gasteiger partial charge in [-0.05, 0) is 17.6 Å². The van der Waals surface area contributed by atoms with Crippen molar-refractivity contribution in [2.75, 3.05) is 0 Å². The normalized spacial score (nSPS) is 45.9. The lowest BCUT2D eigenvalue weighted by molar-refractivity contribution is 0.719. The molecule has 0 amide bonds. The van der Waals surface area contributed by atoms with Crippen LogP contribution in [-0.2, 0) is 0 Å². The van der Waals surface area contributed by atoms with Gasteiger partial charge in [0.15, 0.2) is 0 Å². The van der Waals surface area contributed by atoms with Crippen LogP contribution in [0.15, 0.2) is 16.1 Å². The maximum absolute atomic E-state index is 4.36. The molecule has 2 aliphatic heterocycles. The largest absolute Gasteiger partial charge is 0.266 e. The summed E-state index contributed by atoms with van der Waals surface area (Å²) in [6, 6.07) is 0. The molecule has 2 bridgehead atoms. The summed E-state index contributed by atoms with van der Waals surface area (Å²) in [5.74, 6) is 0. The van der Waals surface area contributed by atoms with Gasteiger partial charge in [0, 0.05) is 12.1 Å². The van der Waals surface area contributed by atoms with Gasteiger partial charge < -0.3 is 0 Å². The molecule has 4 aliphatic rings. The number of hydrogen-bond donors (Lipinski definition) is 0. The van der Waals surface area contributed by atoms with E-state index >= 15 is 0 Å². The Morgan fingerprint density at radius 1 is 1.62 bits per heavy atom. The molecule has 0 spiro atoms. The molecular formula is C6H4BrN. The first-order valence-corrected chi connectivity index (χ1v) is 3.59. The van der Waals surface area contributed by atoms with Gasteiger partial charge in [0.1, 0.15) is 4.45 Å². The number of alkyl halides is 1. The number of hydrogen-bond acceptors (Lipinski definition) is 1. The third-order valence-corrected chi connectivity index (χ3v) is 3.05. The van der Waals surface area contributed by atoms with Gasteiger partial charge in [-0.2, -0.15) is 0 Å². The minimum absolute atomic E-state index is 0.150. The van der Waals surface area contributed by atoms with Crippen molar-refractivity contribution in [2.24, 2.45) is 4.99 Å². The van der Waals surface area contributed by atoms with Crippen molar-refractivity contribution in [3.05, 3.63) is 11.1 Å². The smallest absolute Gasteiger partial charge is 0.143 e. The molecule has 2 heterocycles. The van der Waals surface area contributed by atoms with Crippen molar-refractivity contribution in [1.82, 2.24) is 0 Å². The van der Waals surface area contributed by atoms with Crippen LogP contribution in [0.4, 0.5) is 0 Å². The topological polar surface area (TPSA) is 12.4 Å². The van der Waals surface area contributed by atoms with Gasteiger partial charge in [0.2, 0.25) is 0 Å². The number of allylic oxidation sites excluding steroid dienone is 1. The third kappa shape index (κ3) is 0.210. The van der Waals surface area contributed by atoms with Crippen LogP contribution in [0.3, 0.4) is 0 Å². The van der Waals surface area contributed by atoms with E-state index in [0.717, 1.165) is 0 Å². The van der Waals surface area contributed by atoms with Crippen molar-refractivity contribution < 1.29 is 0 Å². The number of halogens is 1. The van der Waals surface area contributed by atoms with E-state index in [2.05, 4.69) is 20.9 Å². The van der Waals surface area contributed by atoms with E-state index in [-0.39, 0.29) is 4.45 Å². The van der Waals surface area contributed by atoms with E-state index < -0.39 is 0 Å². The Balaban J connectivity index is 2.34. The Hall–Kier alpha value is -0.110. The molecule has 1 atom stereocenters. The molecule has 0 saturated heterocycles. The molecule has 0 N–H and O–H groups in total. The lowest BCUT2D eigenvalue weighted by atomic mass is 10.0. The molecule has 8 heavy (non-hydrogen) atoms.